The van der Waals surface area contributed by atoms with E-state index in [2.05, 4.69) is 10.3 Å². The maximum atomic E-state index is 13.3. The van der Waals surface area contributed by atoms with Crippen molar-refractivity contribution < 1.29 is 13.6 Å². The van der Waals surface area contributed by atoms with Gasteiger partial charge >= 0.3 is 0 Å². The molecule has 0 aliphatic carbocycles. The minimum atomic E-state index is -0.999. The molecule has 1 atom stereocenters. The summed E-state index contributed by atoms with van der Waals surface area (Å²) in [4.78, 5) is 28.7. The topological polar surface area (TPSA) is 63.5 Å². The lowest BCUT2D eigenvalue weighted by Crippen LogP contribution is -2.33. The molecule has 0 aliphatic rings. The smallest absolute Gasteiger partial charge is 0.270 e. The van der Waals surface area contributed by atoms with Gasteiger partial charge in [0, 0.05) is 12.4 Å². The van der Waals surface area contributed by atoms with Gasteiger partial charge in [-0.15, -0.1) is 0 Å². The van der Waals surface area contributed by atoms with Gasteiger partial charge in [0.1, 0.15) is 11.2 Å². The molecule has 3 rings (SSSR count). The van der Waals surface area contributed by atoms with Gasteiger partial charge in [-0.2, -0.15) is 0 Å². The summed E-state index contributed by atoms with van der Waals surface area (Å²) in [6.07, 6.45) is 2.71. The molecule has 5 nitrogen and oxygen atoms in total. The highest BCUT2D eigenvalue weighted by molar-refractivity contribution is 5.94. The maximum Gasteiger partial charge on any atom is 0.270 e. The number of carbonyl (C=O) groups excluding carboxylic acids is 1. The molecule has 1 N–H and O–H groups in total. The Hall–Kier alpha value is -3.09. The molecule has 7 heteroatoms. The molecule has 0 fully saturated rings. The van der Waals surface area contributed by atoms with Gasteiger partial charge < -0.3 is 5.32 Å². The van der Waals surface area contributed by atoms with Gasteiger partial charge in [-0.25, -0.2) is 13.8 Å². The summed E-state index contributed by atoms with van der Waals surface area (Å²) < 4.78 is 27.5. The number of benzene rings is 1. The number of carbonyl (C=O) groups is 1. The fraction of sp³-hybridized carbons (Fsp3) is 0.118. The van der Waals surface area contributed by atoms with E-state index >= 15 is 0 Å². The first-order chi connectivity index (χ1) is 11.5. The zero-order valence-corrected chi connectivity index (χ0v) is 12.7. The van der Waals surface area contributed by atoms with Crippen molar-refractivity contribution in [1.29, 1.82) is 0 Å². The SMILES string of the molecule is CC(NC(=O)c1cnc2ccccn2c1=O)c1ccc(F)c(F)c1. The highest BCUT2D eigenvalue weighted by Gasteiger charge is 2.17. The Balaban J connectivity index is 1.88. The molecule has 0 spiro atoms. The third kappa shape index (κ3) is 2.88. The monoisotopic (exact) mass is 329 g/mol. The van der Waals surface area contributed by atoms with Crippen LogP contribution in [0.3, 0.4) is 0 Å². The minimum absolute atomic E-state index is 0.131. The average molecular weight is 329 g/mol. The van der Waals surface area contributed by atoms with Crippen molar-refractivity contribution in [1.82, 2.24) is 14.7 Å². The Morgan fingerprint density at radius 3 is 2.75 bits per heavy atom. The van der Waals surface area contributed by atoms with E-state index < -0.39 is 29.1 Å². The van der Waals surface area contributed by atoms with Crippen molar-refractivity contribution in [3.63, 3.8) is 0 Å². The molecule has 3 aromatic rings. The summed E-state index contributed by atoms with van der Waals surface area (Å²) in [7, 11) is 0. The van der Waals surface area contributed by atoms with Crippen molar-refractivity contribution in [3.8, 4) is 0 Å². The molecular formula is C17H13F2N3O2. The number of pyridine rings is 1. The van der Waals surface area contributed by atoms with E-state index in [4.69, 9.17) is 0 Å². The molecule has 0 saturated carbocycles. The van der Waals surface area contributed by atoms with Crippen LogP contribution in [0, 0.1) is 11.6 Å². The largest absolute Gasteiger partial charge is 0.345 e. The van der Waals surface area contributed by atoms with Crippen LogP contribution in [0.4, 0.5) is 8.78 Å². The van der Waals surface area contributed by atoms with Crippen molar-refractivity contribution in [2.24, 2.45) is 0 Å². The number of hydrogen-bond acceptors (Lipinski definition) is 3. The van der Waals surface area contributed by atoms with Crippen LogP contribution in [0.1, 0.15) is 28.9 Å². The van der Waals surface area contributed by atoms with Gasteiger partial charge in [-0.1, -0.05) is 12.1 Å². The summed E-state index contributed by atoms with van der Waals surface area (Å²) in [6.45, 7) is 1.61. The molecule has 1 aromatic carbocycles. The second-order valence-electron chi connectivity index (χ2n) is 5.27. The Kier molecular flexibility index (Phi) is 4.07. The second-order valence-corrected chi connectivity index (χ2v) is 5.27. The zero-order chi connectivity index (χ0) is 17.3. The summed E-state index contributed by atoms with van der Waals surface area (Å²) in [5.41, 5.74) is 0.174. The van der Waals surface area contributed by atoms with E-state index in [0.29, 0.717) is 11.2 Å². The molecule has 1 amide bonds. The van der Waals surface area contributed by atoms with E-state index in [1.54, 1.807) is 25.1 Å². The Labute approximate surface area is 135 Å². The average Bonchev–Trinajstić information content (AvgIpc) is 2.57. The van der Waals surface area contributed by atoms with E-state index in [1.807, 2.05) is 0 Å². The number of nitrogens with one attached hydrogen (secondary N) is 1. The molecule has 2 aromatic heterocycles. The number of rotatable bonds is 3. The van der Waals surface area contributed by atoms with Gasteiger partial charge in [0.15, 0.2) is 11.6 Å². The van der Waals surface area contributed by atoms with Crippen LogP contribution in [-0.2, 0) is 0 Å². The predicted octanol–water partition coefficient (Wildman–Crippen LogP) is 2.46. The highest BCUT2D eigenvalue weighted by atomic mass is 19.2. The lowest BCUT2D eigenvalue weighted by atomic mass is 10.1. The number of nitrogens with zero attached hydrogens (tertiary/aromatic N) is 2. The van der Waals surface area contributed by atoms with Crippen LogP contribution >= 0.6 is 0 Å². The molecule has 2 heterocycles. The lowest BCUT2D eigenvalue weighted by molar-refractivity contribution is 0.0937. The quantitative estimate of drug-likeness (QED) is 0.803. The lowest BCUT2D eigenvalue weighted by Gasteiger charge is -2.14. The number of hydrogen-bond donors (Lipinski definition) is 1. The Bertz CT molecular complexity index is 985. The standard InChI is InChI=1S/C17H13F2N3O2/c1-10(11-5-6-13(18)14(19)8-11)21-16(23)12-9-20-15-4-2-3-7-22(15)17(12)24/h2-10H,1H3,(H,21,23). The Morgan fingerprint density at radius 2 is 2.00 bits per heavy atom. The van der Waals surface area contributed by atoms with Gasteiger partial charge in [0.05, 0.1) is 6.04 Å². The Morgan fingerprint density at radius 1 is 1.21 bits per heavy atom. The van der Waals surface area contributed by atoms with E-state index in [1.165, 1.54) is 22.9 Å². The molecule has 122 valence electrons. The fourth-order valence-corrected chi connectivity index (χ4v) is 2.32. The fourth-order valence-electron chi connectivity index (χ4n) is 2.32. The first kappa shape index (κ1) is 15.8. The summed E-state index contributed by atoms with van der Waals surface area (Å²) in [6, 6.07) is 7.78. The van der Waals surface area contributed by atoms with Crippen molar-refractivity contribution in [2.45, 2.75) is 13.0 Å². The second kappa shape index (κ2) is 6.19. The maximum absolute atomic E-state index is 13.3. The third-order valence-electron chi connectivity index (χ3n) is 3.65. The summed E-state index contributed by atoms with van der Waals surface area (Å²) in [5.74, 6) is -2.60. The molecule has 0 bridgehead atoms. The van der Waals surface area contributed by atoms with E-state index in [0.717, 1.165) is 12.1 Å². The zero-order valence-electron chi connectivity index (χ0n) is 12.7. The minimum Gasteiger partial charge on any atom is -0.345 e. The van der Waals surface area contributed by atoms with Gasteiger partial charge in [-0.3, -0.25) is 14.0 Å². The van der Waals surface area contributed by atoms with Crippen LogP contribution in [-0.4, -0.2) is 15.3 Å². The van der Waals surface area contributed by atoms with Gasteiger partial charge in [0.25, 0.3) is 11.5 Å². The molecule has 0 saturated heterocycles. The van der Waals surface area contributed by atoms with Crippen LogP contribution in [0.15, 0.2) is 53.6 Å². The molecule has 0 aliphatic heterocycles. The molecule has 1 unspecified atom stereocenters. The van der Waals surface area contributed by atoms with Crippen molar-refractivity contribution >= 4 is 11.6 Å². The van der Waals surface area contributed by atoms with E-state index in [-0.39, 0.29) is 5.56 Å². The summed E-state index contributed by atoms with van der Waals surface area (Å²) >= 11 is 0. The van der Waals surface area contributed by atoms with Crippen LogP contribution in [0.2, 0.25) is 0 Å². The van der Waals surface area contributed by atoms with Crippen LogP contribution < -0.4 is 10.9 Å². The number of halogens is 2. The molecular weight excluding hydrogens is 316 g/mol. The number of amides is 1. The highest BCUT2D eigenvalue weighted by Crippen LogP contribution is 2.16. The van der Waals surface area contributed by atoms with Crippen LogP contribution in [0.25, 0.3) is 5.65 Å². The number of aromatic nitrogens is 2. The first-order valence-corrected chi connectivity index (χ1v) is 7.19. The van der Waals surface area contributed by atoms with Gasteiger partial charge in [0.2, 0.25) is 0 Å². The summed E-state index contributed by atoms with van der Waals surface area (Å²) in [5, 5.41) is 2.58. The van der Waals surface area contributed by atoms with Crippen LogP contribution in [0.5, 0.6) is 0 Å². The van der Waals surface area contributed by atoms with E-state index in [9.17, 15) is 18.4 Å². The van der Waals surface area contributed by atoms with Gasteiger partial charge in [-0.05, 0) is 36.8 Å². The normalized spacial score (nSPS) is 12.1. The number of fused-ring (bicyclic) bond motifs is 1. The van der Waals surface area contributed by atoms with Crippen molar-refractivity contribution in [2.75, 3.05) is 0 Å². The predicted molar refractivity (Wildman–Crippen MR) is 83.7 cm³/mol. The third-order valence-corrected chi connectivity index (χ3v) is 3.65. The molecule has 0 radical (unpaired) electrons. The van der Waals surface area contributed by atoms with Crippen molar-refractivity contribution in [3.05, 3.63) is 81.9 Å². The first-order valence-electron chi connectivity index (χ1n) is 7.19. The molecule has 24 heavy (non-hydrogen) atoms.